The van der Waals surface area contributed by atoms with E-state index in [1.807, 2.05) is 4.90 Å². The number of rotatable bonds is 6. The van der Waals surface area contributed by atoms with Gasteiger partial charge in [0.2, 0.25) is 11.7 Å². The Hall–Kier alpha value is -4.24. The van der Waals surface area contributed by atoms with Crippen molar-refractivity contribution in [2.24, 2.45) is 0 Å². The maximum atomic E-state index is 14.6. The van der Waals surface area contributed by atoms with Crippen molar-refractivity contribution in [2.45, 2.75) is 49.8 Å². The van der Waals surface area contributed by atoms with Crippen LogP contribution in [0, 0.1) is 17.1 Å². The molecule has 226 valence electrons. The van der Waals surface area contributed by atoms with Gasteiger partial charge in [-0.05, 0) is 51.1 Å². The average molecular weight is 590 g/mol. The van der Waals surface area contributed by atoms with Crippen LogP contribution < -0.4 is 19.3 Å². The maximum Gasteiger partial charge on any atom is 0.319 e. The van der Waals surface area contributed by atoms with Gasteiger partial charge in [0.1, 0.15) is 35.4 Å². The van der Waals surface area contributed by atoms with Gasteiger partial charge in [-0.3, -0.25) is 9.59 Å². The highest BCUT2D eigenvalue weighted by Gasteiger charge is 2.51. The van der Waals surface area contributed by atoms with Gasteiger partial charge in [0.15, 0.2) is 5.60 Å². The fourth-order valence-electron chi connectivity index (χ4n) is 6.85. The maximum absolute atomic E-state index is 14.6. The molecule has 4 aliphatic rings. The molecule has 2 fully saturated rings. The van der Waals surface area contributed by atoms with Gasteiger partial charge in [-0.2, -0.15) is 15.2 Å². The fraction of sp³-hybridized carbons (Fsp3) is 0.516. The van der Waals surface area contributed by atoms with E-state index in [1.54, 1.807) is 29.0 Å². The Morgan fingerprint density at radius 2 is 2.12 bits per heavy atom. The molecule has 0 saturated carbocycles. The number of nitriles is 1. The van der Waals surface area contributed by atoms with Crippen molar-refractivity contribution in [2.75, 3.05) is 63.2 Å². The van der Waals surface area contributed by atoms with Crippen LogP contribution >= 0.6 is 0 Å². The number of aromatic nitrogens is 2. The third kappa shape index (κ3) is 5.16. The lowest BCUT2D eigenvalue weighted by Crippen LogP contribution is -2.58. The summed E-state index contributed by atoms with van der Waals surface area (Å²) in [5, 5.41) is 9.49. The summed E-state index contributed by atoms with van der Waals surface area (Å²) in [6.45, 7) is 6.37. The zero-order chi connectivity index (χ0) is 30.3. The highest BCUT2D eigenvalue weighted by Crippen LogP contribution is 2.44. The van der Waals surface area contributed by atoms with Gasteiger partial charge in [-0.25, -0.2) is 4.39 Å². The molecule has 0 bridgehead atoms. The molecule has 2 aromatic rings. The van der Waals surface area contributed by atoms with E-state index < -0.39 is 11.4 Å². The van der Waals surface area contributed by atoms with E-state index in [1.165, 1.54) is 12.1 Å². The Bertz CT molecular complexity index is 1500. The molecule has 1 spiro atoms. The van der Waals surface area contributed by atoms with Crippen molar-refractivity contribution in [1.29, 1.82) is 5.26 Å². The van der Waals surface area contributed by atoms with Gasteiger partial charge in [0.05, 0.1) is 25.1 Å². The van der Waals surface area contributed by atoms with Crippen LogP contribution in [-0.2, 0) is 11.2 Å². The van der Waals surface area contributed by atoms with E-state index in [2.05, 4.69) is 29.6 Å². The van der Waals surface area contributed by atoms with Crippen LogP contribution in [0.25, 0.3) is 0 Å². The zero-order valence-electron chi connectivity index (χ0n) is 24.6. The second-order valence-corrected chi connectivity index (χ2v) is 11.8. The van der Waals surface area contributed by atoms with E-state index in [-0.39, 0.29) is 48.4 Å². The van der Waals surface area contributed by atoms with E-state index in [0.717, 1.165) is 19.4 Å². The first-order valence-electron chi connectivity index (χ1n) is 14.8. The van der Waals surface area contributed by atoms with Gasteiger partial charge >= 0.3 is 6.01 Å². The number of anilines is 2. The number of likely N-dealkylation sites (tertiary alicyclic amines) is 1. The number of hydrogen-bond acceptors (Lipinski definition) is 10. The lowest BCUT2D eigenvalue weighted by Gasteiger charge is -2.45. The van der Waals surface area contributed by atoms with Crippen molar-refractivity contribution in [3.8, 4) is 17.8 Å². The molecular weight excluding hydrogens is 553 g/mol. The fourth-order valence-corrected chi connectivity index (χ4v) is 6.85. The molecule has 12 heteroatoms. The number of para-hydroxylation sites is 1. The summed E-state index contributed by atoms with van der Waals surface area (Å²) in [6.07, 6.45) is 4.32. The number of hydrogen-bond donors (Lipinski definition) is 0. The van der Waals surface area contributed by atoms with Crippen molar-refractivity contribution in [3.05, 3.63) is 47.9 Å². The molecule has 1 aromatic heterocycles. The lowest BCUT2D eigenvalue weighted by molar-refractivity contribution is -0.128. The minimum Gasteiger partial charge on any atom is -0.475 e. The molecule has 3 aliphatic heterocycles. The summed E-state index contributed by atoms with van der Waals surface area (Å²) in [7, 11) is 3.82. The SMILES string of the molecule is C=CC(=O)N1CCN(c2nc(OCC3CCCN3C)nc3c2CC[C@]2(CN(C)c4c(F)cccc4O2)C3=O)CC1CC#N. The highest BCUT2D eigenvalue weighted by atomic mass is 19.1. The second kappa shape index (κ2) is 11.4. The van der Waals surface area contributed by atoms with Crippen LogP contribution in [-0.4, -0.2) is 103 Å². The van der Waals surface area contributed by atoms with E-state index in [9.17, 15) is 19.2 Å². The summed E-state index contributed by atoms with van der Waals surface area (Å²) >= 11 is 0. The van der Waals surface area contributed by atoms with Gasteiger partial charge in [-0.15, -0.1) is 0 Å². The Labute approximate surface area is 250 Å². The molecule has 0 N–H and O–H groups in total. The van der Waals surface area contributed by atoms with Crippen molar-refractivity contribution in [3.63, 3.8) is 0 Å². The first kappa shape index (κ1) is 28.9. The molecule has 43 heavy (non-hydrogen) atoms. The van der Waals surface area contributed by atoms with Crippen LogP contribution in [0.15, 0.2) is 30.9 Å². The van der Waals surface area contributed by atoms with Gasteiger partial charge in [-0.1, -0.05) is 12.6 Å². The Kier molecular flexibility index (Phi) is 7.68. The second-order valence-electron chi connectivity index (χ2n) is 11.8. The number of amides is 1. The van der Waals surface area contributed by atoms with Crippen LogP contribution in [0.3, 0.4) is 0 Å². The van der Waals surface area contributed by atoms with Gasteiger partial charge in [0.25, 0.3) is 0 Å². The Balaban J connectivity index is 1.36. The minimum atomic E-state index is -1.24. The van der Waals surface area contributed by atoms with Crippen LogP contribution in [0.4, 0.5) is 15.9 Å². The van der Waals surface area contributed by atoms with Gasteiger partial charge < -0.3 is 29.1 Å². The monoisotopic (exact) mass is 589 g/mol. The molecule has 0 radical (unpaired) electrons. The largest absolute Gasteiger partial charge is 0.475 e. The Morgan fingerprint density at radius 1 is 1.28 bits per heavy atom. The topological polar surface area (TPSA) is 115 Å². The molecule has 1 aromatic carbocycles. The number of likely N-dealkylation sites (N-methyl/N-ethyl adjacent to an activating group) is 2. The highest BCUT2D eigenvalue weighted by molar-refractivity contribution is 6.05. The smallest absolute Gasteiger partial charge is 0.319 e. The molecule has 1 aliphatic carbocycles. The molecule has 2 unspecified atom stereocenters. The van der Waals surface area contributed by atoms with Gasteiger partial charge in [0, 0.05) is 44.7 Å². The third-order valence-corrected chi connectivity index (χ3v) is 9.15. The van der Waals surface area contributed by atoms with Crippen LogP contribution in [0.2, 0.25) is 0 Å². The number of halogens is 1. The number of fused-ring (bicyclic) bond motifs is 2. The predicted octanol–water partition coefficient (Wildman–Crippen LogP) is 2.60. The normalized spacial score (nSPS) is 25.2. The number of Topliss-reactive ketones (excluding diaryl/α,β-unsaturated/α-hetero) is 1. The summed E-state index contributed by atoms with van der Waals surface area (Å²) < 4.78 is 27.1. The Morgan fingerprint density at radius 3 is 2.86 bits per heavy atom. The minimum absolute atomic E-state index is 0.108. The van der Waals surface area contributed by atoms with Crippen molar-refractivity contribution < 1.29 is 23.5 Å². The summed E-state index contributed by atoms with van der Waals surface area (Å²) in [6, 6.07) is 6.78. The van der Waals surface area contributed by atoms with E-state index in [4.69, 9.17) is 14.5 Å². The molecule has 2 saturated heterocycles. The molecule has 11 nitrogen and oxygen atoms in total. The predicted molar refractivity (Wildman–Crippen MR) is 157 cm³/mol. The number of ether oxygens (including phenoxy) is 2. The molecule has 1 amide bonds. The number of carbonyl (C=O) groups excluding carboxylic acids is 2. The van der Waals surface area contributed by atoms with Crippen molar-refractivity contribution in [1.82, 2.24) is 19.8 Å². The molecule has 4 heterocycles. The number of benzene rings is 1. The molecule has 6 rings (SSSR count). The average Bonchev–Trinajstić information content (AvgIpc) is 3.41. The summed E-state index contributed by atoms with van der Waals surface area (Å²) in [5.74, 6) is -0.0235. The lowest BCUT2D eigenvalue weighted by atomic mass is 9.80. The summed E-state index contributed by atoms with van der Waals surface area (Å²) in [4.78, 5) is 44.0. The van der Waals surface area contributed by atoms with E-state index >= 15 is 0 Å². The molecular formula is C31H36FN7O4. The number of ketones is 1. The van der Waals surface area contributed by atoms with Crippen molar-refractivity contribution >= 4 is 23.2 Å². The standard InChI is InChI=1S/C31H36FN7O4/c1-4-25(40)39-16-15-38(17-20(39)11-13-33)29-22-10-12-31(19-37(3)27-23(32)8-5-9-24(27)43-31)28(41)26(22)34-30(35-29)42-18-21-7-6-14-36(21)2/h4-5,8-9,20-21H,1,6-7,10-12,14-19H2,2-3H3/t20?,21?,31-/m0/s1. The number of piperazine rings is 1. The first-order chi connectivity index (χ1) is 20.7. The number of carbonyl (C=O) groups is 2. The van der Waals surface area contributed by atoms with Crippen LogP contribution in [0.1, 0.15) is 41.7 Å². The van der Waals surface area contributed by atoms with Crippen LogP contribution in [0.5, 0.6) is 11.8 Å². The summed E-state index contributed by atoms with van der Waals surface area (Å²) in [5.41, 5.74) is 0.0163. The quantitative estimate of drug-likeness (QED) is 0.466. The van der Waals surface area contributed by atoms with E-state index in [0.29, 0.717) is 61.9 Å². The number of nitrogens with zero attached hydrogens (tertiary/aromatic N) is 7. The third-order valence-electron chi connectivity index (χ3n) is 9.15. The first-order valence-corrected chi connectivity index (χ1v) is 14.8. The zero-order valence-corrected chi connectivity index (χ0v) is 24.6. The molecule has 3 atom stereocenters.